The molecule has 0 N–H and O–H groups in total. The normalized spacial score (nSPS) is 9.60. The lowest BCUT2D eigenvalue weighted by Crippen LogP contribution is -1.99. The van der Waals surface area contributed by atoms with Crippen molar-refractivity contribution in [2.45, 2.75) is 6.61 Å². The predicted molar refractivity (Wildman–Crippen MR) is 74.3 cm³/mol. The zero-order chi connectivity index (χ0) is 14.5. The molecule has 0 fully saturated rings. The molecule has 0 heterocycles. The third-order valence-electron chi connectivity index (χ3n) is 2.58. The van der Waals surface area contributed by atoms with Gasteiger partial charge in [0.15, 0.2) is 0 Å². The molecule has 98 valence electrons. The highest BCUT2D eigenvalue weighted by Crippen LogP contribution is 2.22. The lowest BCUT2D eigenvalue weighted by molar-refractivity contribution is 0.299. The summed E-state index contributed by atoms with van der Waals surface area (Å²) in [7, 11) is 0. The molecule has 0 aliphatic carbocycles. The second kappa shape index (κ2) is 6.18. The largest absolute Gasteiger partial charge is 0.489 e. The Hall–Kier alpha value is -2.37. The maximum absolute atomic E-state index is 13.7. The number of nitriles is 2. The van der Waals surface area contributed by atoms with Crippen LogP contribution in [-0.4, -0.2) is 0 Å². The first-order chi connectivity index (χ1) is 9.62. The number of nitrogens with zero attached hydrogens (tertiary/aromatic N) is 2. The average Bonchev–Trinajstić information content (AvgIpc) is 2.45. The first-order valence-corrected chi connectivity index (χ1v) is 6.43. The van der Waals surface area contributed by atoms with Crippen molar-refractivity contribution in [2.75, 3.05) is 0 Å². The summed E-state index contributed by atoms with van der Waals surface area (Å²) in [6.07, 6.45) is 0. The van der Waals surface area contributed by atoms with E-state index in [1.54, 1.807) is 18.2 Å². The summed E-state index contributed by atoms with van der Waals surface area (Å²) in [6.45, 7) is 0.0267. The highest BCUT2D eigenvalue weighted by atomic mass is 79.9. The van der Waals surface area contributed by atoms with Crippen LogP contribution in [0.3, 0.4) is 0 Å². The monoisotopic (exact) mass is 330 g/mol. The van der Waals surface area contributed by atoms with Gasteiger partial charge in [0, 0.05) is 10.0 Å². The van der Waals surface area contributed by atoms with E-state index < -0.39 is 5.82 Å². The van der Waals surface area contributed by atoms with E-state index in [1.165, 1.54) is 18.2 Å². The van der Waals surface area contributed by atoms with Gasteiger partial charge in [-0.25, -0.2) is 4.39 Å². The van der Waals surface area contributed by atoms with Crippen molar-refractivity contribution in [3.8, 4) is 17.9 Å². The molecular weight excluding hydrogens is 323 g/mol. The minimum atomic E-state index is -0.487. The molecule has 0 saturated heterocycles. The molecule has 2 aromatic carbocycles. The SMILES string of the molecule is N#Cc1cc(Br)cc(OCc2ccc(C#N)cc2F)c1. The zero-order valence-corrected chi connectivity index (χ0v) is 11.8. The molecule has 2 rings (SSSR count). The lowest BCUT2D eigenvalue weighted by atomic mass is 10.1. The molecule has 5 heteroatoms. The van der Waals surface area contributed by atoms with Crippen LogP contribution < -0.4 is 4.74 Å². The van der Waals surface area contributed by atoms with Crippen LogP contribution in [0.2, 0.25) is 0 Å². The Bertz CT molecular complexity index is 732. The molecule has 0 atom stereocenters. The van der Waals surface area contributed by atoms with Gasteiger partial charge in [0.2, 0.25) is 0 Å². The molecule has 0 bridgehead atoms. The third-order valence-corrected chi connectivity index (χ3v) is 3.03. The van der Waals surface area contributed by atoms with Crippen molar-refractivity contribution in [3.63, 3.8) is 0 Å². The Morgan fingerprint density at radius 2 is 1.80 bits per heavy atom. The van der Waals surface area contributed by atoms with Crippen molar-refractivity contribution < 1.29 is 9.13 Å². The zero-order valence-electron chi connectivity index (χ0n) is 10.2. The van der Waals surface area contributed by atoms with Crippen molar-refractivity contribution in [2.24, 2.45) is 0 Å². The number of hydrogen-bond acceptors (Lipinski definition) is 3. The molecular formula is C15H8BrFN2O. The molecule has 0 amide bonds. The van der Waals surface area contributed by atoms with E-state index in [9.17, 15) is 4.39 Å². The van der Waals surface area contributed by atoms with Gasteiger partial charge in [-0.3, -0.25) is 0 Å². The van der Waals surface area contributed by atoms with E-state index in [0.717, 1.165) is 0 Å². The summed E-state index contributed by atoms with van der Waals surface area (Å²) in [5.41, 5.74) is 1.07. The molecule has 0 radical (unpaired) electrons. The quantitative estimate of drug-likeness (QED) is 0.857. The van der Waals surface area contributed by atoms with Crippen LogP contribution in [0.1, 0.15) is 16.7 Å². The summed E-state index contributed by atoms with van der Waals surface area (Å²) >= 11 is 3.27. The van der Waals surface area contributed by atoms with Crippen LogP contribution in [0.25, 0.3) is 0 Å². The van der Waals surface area contributed by atoms with Crippen LogP contribution in [0.4, 0.5) is 4.39 Å². The van der Waals surface area contributed by atoms with Crippen LogP contribution in [0, 0.1) is 28.5 Å². The van der Waals surface area contributed by atoms with Crippen LogP contribution in [-0.2, 0) is 6.61 Å². The summed E-state index contributed by atoms with van der Waals surface area (Å²) < 4.78 is 19.9. The molecule has 0 aliphatic heterocycles. The summed E-state index contributed by atoms with van der Waals surface area (Å²) in [6, 6.07) is 13.0. The number of rotatable bonds is 3. The van der Waals surface area contributed by atoms with Crippen LogP contribution in [0.15, 0.2) is 40.9 Å². The van der Waals surface area contributed by atoms with Crippen molar-refractivity contribution >= 4 is 15.9 Å². The molecule has 0 saturated carbocycles. The van der Waals surface area contributed by atoms with Gasteiger partial charge >= 0.3 is 0 Å². The van der Waals surface area contributed by atoms with Gasteiger partial charge in [-0.05, 0) is 30.3 Å². The summed E-state index contributed by atoms with van der Waals surface area (Å²) in [4.78, 5) is 0. The van der Waals surface area contributed by atoms with E-state index >= 15 is 0 Å². The Morgan fingerprint density at radius 1 is 1.05 bits per heavy atom. The fourth-order valence-corrected chi connectivity index (χ4v) is 2.08. The highest BCUT2D eigenvalue weighted by Gasteiger charge is 2.06. The first-order valence-electron chi connectivity index (χ1n) is 5.64. The highest BCUT2D eigenvalue weighted by molar-refractivity contribution is 9.10. The van der Waals surface area contributed by atoms with Gasteiger partial charge in [-0.15, -0.1) is 0 Å². The van der Waals surface area contributed by atoms with Gasteiger partial charge in [-0.1, -0.05) is 22.0 Å². The fourth-order valence-electron chi connectivity index (χ4n) is 1.61. The second-order valence-electron chi connectivity index (χ2n) is 3.99. The molecule has 0 unspecified atom stereocenters. The number of benzene rings is 2. The van der Waals surface area contributed by atoms with Gasteiger partial charge in [0.25, 0.3) is 0 Å². The van der Waals surface area contributed by atoms with Crippen molar-refractivity contribution in [3.05, 3.63) is 63.4 Å². The Balaban J connectivity index is 2.15. The first kappa shape index (κ1) is 14.0. The summed E-state index contributed by atoms with van der Waals surface area (Å²) in [5, 5.41) is 17.5. The standard InChI is InChI=1S/C15H8BrFN2O/c16-13-3-11(8-19)4-14(6-13)20-9-12-2-1-10(7-18)5-15(12)17/h1-6H,9H2. The second-order valence-corrected chi connectivity index (χ2v) is 4.91. The maximum atomic E-state index is 13.7. The number of ether oxygens (including phenoxy) is 1. The van der Waals surface area contributed by atoms with Crippen LogP contribution in [0.5, 0.6) is 5.75 Å². The lowest BCUT2D eigenvalue weighted by Gasteiger charge is -2.08. The molecule has 0 aliphatic rings. The minimum absolute atomic E-state index is 0.0267. The molecule has 0 aromatic heterocycles. The summed E-state index contributed by atoms with van der Waals surface area (Å²) in [5.74, 6) is -0.0146. The van der Waals surface area contributed by atoms with Gasteiger partial charge in [0.1, 0.15) is 18.2 Å². The van der Waals surface area contributed by atoms with E-state index in [0.29, 0.717) is 21.3 Å². The van der Waals surface area contributed by atoms with E-state index in [2.05, 4.69) is 15.9 Å². The van der Waals surface area contributed by atoms with E-state index in [4.69, 9.17) is 15.3 Å². The Kier molecular flexibility index (Phi) is 4.34. The van der Waals surface area contributed by atoms with E-state index in [1.807, 2.05) is 12.1 Å². The molecule has 3 nitrogen and oxygen atoms in total. The number of hydrogen-bond donors (Lipinski definition) is 0. The topological polar surface area (TPSA) is 56.8 Å². The molecule has 2 aromatic rings. The van der Waals surface area contributed by atoms with Gasteiger partial charge in [-0.2, -0.15) is 10.5 Å². The maximum Gasteiger partial charge on any atom is 0.131 e. The van der Waals surface area contributed by atoms with Crippen LogP contribution >= 0.6 is 15.9 Å². The average molecular weight is 331 g/mol. The Labute approximate surface area is 124 Å². The molecule has 0 spiro atoms. The minimum Gasteiger partial charge on any atom is -0.489 e. The fraction of sp³-hybridized carbons (Fsp3) is 0.0667. The van der Waals surface area contributed by atoms with E-state index in [-0.39, 0.29) is 12.2 Å². The predicted octanol–water partition coefficient (Wildman–Crippen LogP) is 3.91. The smallest absolute Gasteiger partial charge is 0.131 e. The van der Waals surface area contributed by atoms with Crippen molar-refractivity contribution in [1.29, 1.82) is 10.5 Å². The third kappa shape index (κ3) is 3.34. The molecule has 20 heavy (non-hydrogen) atoms. The Morgan fingerprint density at radius 3 is 2.45 bits per heavy atom. The van der Waals surface area contributed by atoms with Crippen molar-refractivity contribution in [1.82, 2.24) is 0 Å². The van der Waals surface area contributed by atoms with Gasteiger partial charge < -0.3 is 4.74 Å². The number of halogens is 2. The van der Waals surface area contributed by atoms with Gasteiger partial charge in [0.05, 0.1) is 23.3 Å².